The second-order valence-electron chi connectivity index (χ2n) is 10.3. The molecular weight excluding hydrogens is 698 g/mol. The highest BCUT2D eigenvalue weighted by molar-refractivity contribution is 8.32. The van der Waals surface area contributed by atoms with Gasteiger partial charge in [0.25, 0.3) is 11.1 Å². The van der Waals surface area contributed by atoms with Crippen molar-refractivity contribution in [1.82, 2.24) is 39.0 Å². The van der Waals surface area contributed by atoms with Crippen molar-refractivity contribution in [2.75, 3.05) is 24.7 Å². The Kier molecular flexibility index (Phi) is 7.87. The monoisotopic (exact) mass is 720 g/mol. The molecule has 7 rings (SSSR count). The number of rotatable bonds is 2. The molecule has 0 amide bonds. The Morgan fingerprint density at radius 1 is 0.891 bits per heavy atom. The van der Waals surface area contributed by atoms with Crippen LogP contribution >= 0.6 is 13.5 Å². The van der Waals surface area contributed by atoms with Crippen molar-refractivity contribution < 1.29 is 47.2 Å². The van der Waals surface area contributed by atoms with E-state index in [1.54, 1.807) is 0 Å². The Morgan fingerprint density at radius 2 is 1.35 bits per heavy atom. The van der Waals surface area contributed by atoms with Gasteiger partial charge < -0.3 is 66.4 Å². The highest BCUT2D eigenvalue weighted by atomic mass is 32.7. The molecule has 8 N–H and O–H groups in total. The molecule has 10 atom stereocenters. The van der Waals surface area contributed by atoms with Crippen LogP contribution in [-0.4, -0.2) is 99.1 Å². The van der Waals surface area contributed by atoms with Crippen LogP contribution in [0.1, 0.15) is 12.5 Å². The molecule has 4 aromatic heterocycles. The van der Waals surface area contributed by atoms with E-state index in [-0.39, 0.29) is 34.2 Å². The fourth-order valence-electron chi connectivity index (χ4n) is 5.37. The lowest BCUT2D eigenvalue weighted by molar-refractivity contribution is -0.218. The fraction of sp³-hybridized carbons (Fsp3) is 0.500. The predicted molar refractivity (Wildman–Crippen MR) is 156 cm³/mol. The first-order valence-electron chi connectivity index (χ1n) is 13.1. The molecule has 0 aliphatic carbocycles. The normalized spacial score (nSPS) is 37.1. The van der Waals surface area contributed by atoms with E-state index in [1.165, 1.54) is 9.13 Å². The number of fused-ring (bicyclic) bond motifs is 4. The Hall–Kier alpha value is -2.83. The minimum absolute atomic E-state index is 0.0553. The van der Waals surface area contributed by atoms with Gasteiger partial charge in [-0.3, -0.25) is 33.3 Å². The van der Waals surface area contributed by atoms with Crippen LogP contribution in [0.3, 0.4) is 0 Å². The third-order valence-electron chi connectivity index (χ3n) is 7.36. The van der Waals surface area contributed by atoms with Crippen molar-refractivity contribution in [2.45, 2.75) is 49.1 Å². The topological polar surface area (TPSA) is 315 Å². The fourth-order valence-corrected chi connectivity index (χ4v) is 8.23. The lowest BCUT2D eigenvalue weighted by Gasteiger charge is -2.37. The summed E-state index contributed by atoms with van der Waals surface area (Å²) in [6.07, 6.45) is -9.45. The number of nitrogens with one attached hydrogen (secondary N) is 2. The van der Waals surface area contributed by atoms with E-state index in [1.807, 2.05) is 0 Å². The van der Waals surface area contributed by atoms with Crippen LogP contribution in [0, 0.1) is 0 Å². The number of aromatic amines is 2. The second-order valence-corrected chi connectivity index (χ2v) is 15.7. The van der Waals surface area contributed by atoms with E-state index in [4.69, 9.17) is 63.1 Å². The number of aliphatic hydroxyl groups is 2. The quantitative estimate of drug-likeness (QED) is 0.0887. The van der Waals surface area contributed by atoms with Crippen LogP contribution in [0.4, 0.5) is 11.9 Å². The van der Waals surface area contributed by atoms with E-state index in [9.17, 15) is 29.3 Å². The van der Waals surface area contributed by atoms with Gasteiger partial charge in [-0.05, 0) is 0 Å². The number of nitrogen functional groups attached to an aromatic ring is 2. The molecule has 26 heteroatoms. The number of H-pyrrole nitrogens is 2. The summed E-state index contributed by atoms with van der Waals surface area (Å²) in [6, 6.07) is 0. The van der Waals surface area contributed by atoms with Crippen molar-refractivity contribution in [3.05, 3.63) is 33.4 Å². The molecule has 0 spiro atoms. The summed E-state index contributed by atoms with van der Waals surface area (Å²) in [5, 5.41) is 22.4. The van der Waals surface area contributed by atoms with Gasteiger partial charge in [0.1, 0.15) is 43.3 Å². The third kappa shape index (κ3) is 5.57. The van der Waals surface area contributed by atoms with Gasteiger partial charge in [0.15, 0.2) is 41.6 Å². The predicted octanol–water partition coefficient (Wildman–Crippen LogP) is -3.01. The van der Waals surface area contributed by atoms with E-state index in [0.717, 1.165) is 12.7 Å². The maximum Gasteiger partial charge on any atom is 0.280 e. The highest BCUT2D eigenvalue weighted by Gasteiger charge is 2.51. The largest absolute Gasteiger partial charge is 0.780 e. The SMILES string of the molecule is Nc1nc2c(ncn2[C@@H]2O[C@@H]3COP(=O)([S-])OC4[C@@H](COP([O-])(=S)O[C@@H]3C2O)O[C@@H](n2cnc3c(=O)[nH]c(N)nc32)[C@H]4O)c(=O)[nH]1. The van der Waals surface area contributed by atoms with Crippen LogP contribution in [0.5, 0.6) is 0 Å². The molecule has 0 radical (unpaired) electrons. The summed E-state index contributed by atoms with van der Waals surface area (Å²) in [7, 11) is 0. The number of aliphatic hydroxyl groups excluding tert-OH is 2. The number of ether oxygens (including phenoxy) is 2. The molecule has 248 valence electrons. The molecule has 0 saturated carbocycles. The molecular formula is C20H22N10O12P2S2-2. The first-order chi connectivity index (χ1) is 21.7. The lowest BCUT2D eigenvalue weighted by Crippen LogP contribution is -2.40. The molecule has 4 aromatic rings. The van der Waals surface area contributed by atoms with Crippen LogP contribution < -0.4 is 27.5 Å². The Morgan fingerprint density at radius 3 is 1.85 bits per heavy atom. The van der Waals surface area contributed by atoms with Gasteiger partial charge in [-0.1, -0.05) is 11.8 Å². The molecule has 46 heavy (non-hydrogen) atoms. The summed E-state index contributed by atoms with van der Waals surface area (Å²) in [4.78, 5) is 58.5. The molecule has 4 unspecified atom stereocenters. The van der Waals surface area contributed by atoms with Crippen LogP contribution in [-0.2, 0) is 56.2 Å². The third-order valence-corrected chi connectivity index (χ3v) is 10.4. The number of nitrogens with zero attached hydrogens (tertiary/aromatic N) is 6. The molecule has 3 aliphatic heterocycles. The molecule has 3 aliphatic rings. The molecule has 0 bridgehead atoms. The number of nitrogens with two attached hydrogens (primary N) is 2. The first-order valence-corrected chi connectivity index (χ1v) is 18.2. The van der Waals surface area contributed by atoms with Crippen LogP contribution in [0.2, 0.25) is 0 Å². The van der Waals surface area contributed by atoms with E-state index in [0.29, 0.717) is 0 Å². The number of hydrogen-bond donors (Lipinski definition) is 6. The van der Waals surface area contributed by atoms with E-state index in [2.05, 4.69) is 29.9 Å². The second kappa shape index (κ2) is 11.4. The lowest BCUT2D eigenvalue weighted by atomic mass is 10.1. The van der Waals surface area contributed by atoms with E-state index >= 15 is 0 Å². The maximum absolute atomic E-state index is 13.4. The standard InChI is InChI=1S/C20H24N10O12P2S2/c21-19-25-13-7(15(33)27-19)23-3-29(13)17-9(31)11-5(39-17)1-37-43(35,45)42-12-6(2-38-44(36,46)41-11)40-18(10(12)32)30-4-24-8-14(30)26-20(22)28-16(8)34/h3-6,9-12,17-18,31-32H,1-2H2,(H,35,45)(H,36,46)(H3,21,25,27,33)(H3,22,26,28,34)/p-2/t5-,6-,9+,10?,11?,12+,17-,18-,43?,44?/m1/s1. The van der Waals surface area contributed by atoms with Crippen molar-refractivity contribution in [1.29, 1.82) is 0 Å². The average molecular weight is 721 g/mol. The van der Waals surface area contributed by atoms with Gasteiger partial charge in [0.05, 0.1) is 25.9 Å². The summed E-state index contributed by atoms with van der Waals surface area (Å²) < 4.78 is 49.4. The summed E-state index contributed by atoms with van der Waals surface area (Å²) >= 11 is 10.2. The molecule has 3 fully saturated rings. The molecule has 3 saturated heterocycles. The molecule has 7 heterocycles. The number of aromatic nitrogens is 8. The zero-order valence-electron chi connectivity index (χ0n) is 22.7. The Bertz CT molecular complexity index is 1910. The highest BCUT2D eigenvalue weighted by Crippen LogP contribution is 2.53. The molecule has 0 aromatic carbocycles. The van der Waals surface area contributed by atoms with Gasteiger partial charge in [-0.2, -0.15) is 9.97 Å². The zero-order chi connectivity index (χ0) is 32.7. The summed E-state index contributed by atoms with van der Waals surface area (Å²) in [5.74, 6) is -0.476. The Balaban J connectivity index is 1.18. The summed E-state index contributed by atoms with van der Waals surface area (Å²) in [5.41, 5.74) is 9.67. The average Bonchev–Trinajstić information content (AvgIpc) is 3.72. The number of anilines is 2. The van der Waals surface area contributed by atoms with Gasteiger partial charge in [0.2, 0.25) is 11.9 Å². The number of hydrogen-bond acceptors (Lipinski definition) is 20. The number of imidazole rings is 2. The summed E-state index contributed by atoms with van der Waals surface area (Å²) in [6.45, 7) is -10.3. The smallest absolute Gasteiger partial charge is 0.280 e. The van der Waals surface area contributed by atoms with Gasteiger partial charge >= 0.3 is 0 Å². The molecule has 22 nitrogen and oxygen atoms in total. The van der Waals surface area contributed by atoms with Crippen molar-refractivity contribution in [3.63, 3.8) is 0 Å². The maximum atomic E-state index is 13.4. The van der Waals surface area contributed by atoms with Crippen molar-refractivity contribution in [2.24, 2.45) is 0 Å². The first kappa shape index (κ1) is 31.8. The zero-order valence-corrected chi connectivity index (χ0v) is 26.1. The van der Waals surface area contributed by atoms with Crippen LogP contribution in [0.15, 0.2) is 22.2 Å². The van der Waals surface area contributed by atoms with Gasteiger partial charge in [-0.25, -0.2) is 9.97 Å². The van der Waals surface area contributed by atoms with Gasteiger partial charge in [-0.15, -0.1) is 0 Å². The minimum atomic E-state index is -4.48. The van der Waals surface area contributed by atoms with Gasteiger partial charge in [0, 0.05) is 0 Å². The van der Waals surface area contributed by atoms with Crippen LogP contribution in [0.25, 0.3) is 22.3 Å². The minimum Gasteiger partial charge on any atom is -0.780 e. The Labute approximate surface area is 264 Å². The van der Waals surface area contributed by atoms with Crippen molar-refractivity contribution >= 4 is 71.8 Å². The van der Waals surface area contributed by atoms with Crippen molar-refractivity contribution in [3.8, 4) is 0 Å². The van der Waals surface area contributed by atoms with E-state index < -0.39 is 86.9 Å².